The van der Waals surface area contributed by atoms with Crippen molar-refractivity contribution in [3.8, 4) is 0 Å². The Bertz CT molecular complexity index is 979. The molecule has 3 amide bonds. The smallest absolute Gasteiger partial charge is 0.411 e. The second kappa shape index (κ2) is 8.74. The van der Waals surface area contributed by atoms with Crippen molar-refractivity contribution < 1.29 is 23.9 Å². The van der Waals surface area contributed by atoms with Gasteiger partial charge in [0.15, 0.2) is 0 Å². The number of rotatable bonds is 7. The van der Waals surface area contributed by atoms with Gasteiger partial charge in [-0.05, 0) is 48.9 Å². The molecule has 2 aromatic carbocycles. The molecule has 3 fully saturated rings. The van der Waals surface area contributed by atoms with Crippen molar-refractivity contribution in [3.05, 3.63) is 65.7 Å². The van der Waals surface area contributed by atoms with Gasteiger partial charge in [0.2, 0.25) is 11.8 Å². The first-order valence-corrected chi connectivity index (χ1v) is 11.2. The predicted molar refractivity (Wildman–Crippen MR) is 117 cm³/mol. The molecule has 0 spiro atoms. The quantitative estimate of drug-likeness (QED) is 0.534. The maximum atomic E-state index is 12.6. The van der Waals surface area contributed by atoms with Crippen molar-refractivity contribution in [2.45, 2.75) is 37.9 Å². The second-order valence-electron chi connectivity index (χ2n) is 8.64. The Morgan fingerprint density at radius 3 is 2.22 bits per heavy atom. The fourth-order valence-corrected chi connectivity index (χ4v) is 5.07. The van der Waals surface area contributed by atoms with Gasteiger partial charge in [-0.25, -0.2) is 4.79 Å². The van der Waals surface area contributed by atoms with Crippen molar-refractivity contribution in [1.29, 1.82) is 0 Å². The van der Waals surface area contributed by atoms with Crippen LogP contribution in [0, 0.1) is 11.8 Å². The standard InChI is InChI=1S/C25H26N2O5/c28-23-21-19-11-12-20(32-19)22(21)24(29)27(23)13-4-14-31-25(30)26-18-9-7-17(8-10-18)15-16-5-2-1-3-6-16/h1-3,5-10,19-22H,4,11-15H2,(H,26,30). The molecule has 0 aromatic heterocycles. The SMILES string of the molecule is O=C(Nc1ccc(Cc2ccccc2)cc1)OCCCN1C(=O)C2C3CCC(O3)C2C1=O. The monoisotopic (exact) mass is 434 g/mol. The zero-order valence-electron chi connectivity index (χ0n) is 17.7. The Kier molecular flexibility index (Phi) is 5.66. The summed E-state index contributed by atoms with van der Waals surface area (Å²) >= 11 is 0. The first-order valence-electron chi connectivity index (χ1n) is 11.2. The van der Waals surface area contributed by atoms with Crippen molar-refractivity contribution in [1.82, 2.24) is 4.90 Å². The first kappa shape index (κ1) is 20.7. The van der Waals surface area contributed by atoms with Gasteiger partial charge in [-0.15, -0.1) is 0 Å². The lowest BCUT2D eigenvalue weighted by Crippen LogP contribution is -2.35. The maximum Gasteiger partial charge on any atom is 0.411 e. The van der Waals surface area contributed by atoms with E-state index in [4.69, 9.17) is 9.47 Å². The molecule has 3 aliphatic rings. The van der Waals surface area contributed by atoms with E-state index < -0.39 is 6.09 Å². The molecule has 3 heterocycles. The summed E-state index contributed by atoms with van der Waals surface area (Å²) in [6.07, 6.45) is 2.19. The van der Waals surface area contributed by atoms with Crippen LogP contribution in [0.4, 0.5) is 10.5 Å². The Hall–Kier alpha value is -3.19. The van der Waals surface area contributed by atoms with Gasteiger partial charge in [-0.2, -0.15) is 0 Å². The number of hydrogen-bond acceptors (Lipinski definition) is 5. The number of carbonyl (C=O) groups excluding carboxylic acids is 3. The Labute approximate surface area is 186 Å². The van der Waals surface area contributed by atoms with E-state index in [0.29, 0.717) is 12.1 Å². The minimum atomic E-state index is -0.553. The van der Waals surface area contributed by atoms with Gasteiger partial charge in [0.05, 0.1) is 30.7 Å². The highest BCUT2D eigenvalue weighted by atomic mass is 16.5. The van der Waals surface area contributed by atoms with Gasteiger partial charge in [0.1, 0.15) is 0 Å². The van der Waals surface area contributed by atoms with Crippen LogP contribution >= 0.6 is 0 Å². The summed E-state index contributed by atoms with van der Waals surface area (Å²) in [5.74, 6) is -0.884. The van der Waals surface area contributed by atoms with Gasteiger partial charge in [0, 0.05) is 12.2 Å². The van der Waals surface area contributed by atoms with E-state index in [2.05, 4.69) is 17.4 Å². The predicted octanol–water partition coefficient (Wildman–Crippen LogP) is 3.38. The molecule has 2 bridgehead atoms. The number of hydrogen-bond donors (Lipinski definition) is 1. The highest BCUT2D eigenvalue weighted by molar-refractivity contribution is 6.06. The fraction of sp³-hybridized carbons (Fsp3) is 0.400. The van der Waals surface area contributed by atoms with E-state index >= 15 is 0 Å². The maximum absolute atomic E-state index is 12.6. The third-order valence-electron chi connectivity index (χ3n) is 6.59. The van der Waals surface area contributed by atoms with Crippen LogP contribution in [0.3, 0.4) is 0 Å². The van der Waals surface area contributed by atoms with Gasteiger partial charge in [-0.1, -0.05) is 42.5 Å². The molecule has 7 heteroatoms. The van der Waals surface area contributed by atoms with Crippen LogP contribution in [-0.2, 0) is 25.5 Å². The van der Waals surface area contributed by atoms with E-state index in [1.54, 1.807) is 0 Å². The third-order valence-corrected chi connectivity index (χ3v) is 6.59. The lowest BCUT2D eigenvalue weighted by Gasteiger charge is -2.17. The van der Waals surface area contributed by atoms with E-state index in [1.807, 2.05) is 42.5 Å². The Morgan fingerprint density at radius 1 is 0.938 bits per heavy atom. The highest BCUT2D eigenvalue weighted by Gasteiger charge is 2.62. The van der Waals surface area contributed by atoms with Crippen LogP contribution in [0.15, 0.2) is 54.6 Å². The molecule has 7 nitrogen and oxygen atoms in total. The summed E-state index contributed by atoms with van der Waals surface area (Å²) in [6.45, 7) is 0.402. The number of nitrogens with one attached hydrogen (secondary N) is 1. The van der Waals surface area contributed by atoms with E-state index in [1.165, 1.54) is 10.5 Å². The molecule has 3 saturated heterocycles. The van der Waals surface area contributed by atoms with Gasteiger partial charge < -0.3 is 9.47 Å². The molecular weight excluding hydrogens is 408 g/mol. The minimum Gasteiger partial charge on any atom is -0.449 e. The number of anilines is 1. The Morgan fingerprint density at radius 2 is 1.56 bits per heavy atom. The molecule has 2 aromatic rings. The summed E-state index contributed by atoms with van der Waals surface area (Å²) in [6, 6.07) is 17.8. The van der Waals surface area contributed by atoms with Gasteiger partial charge in [-0.3, -0.25) is 19.8 Å². The molecule has 0 radical (unpaired) electrons. The van der Waals surface area contributed by atoms with Crippen molar-refractivity contribution >= 4 is 23.6 Å². The van der Waals surface area contributed by atoms with E-state index in [0.717, 1.165) is 24.8 Å². The highest BCUT2D eigenvalue weighted by Crippen LogP contribution is 2.48. The number of benzene rings is 2. The number of fused-ring (bicyclic) bond motifs is 5. The van der Waals surface area contributed by atoms with Crippen LogP contribution in [0.2, 0.25) is 0 Å². The number of carbonyl (C=O) groups is 3. The lowest BCUT2D eigenvalue weighted by atomic mass is 9.81. The van der Waals surface area contributed by atoms with Crippen LogP contribution < -0.4 is 5.32 Å². The summed E-state index contributed by atoms with van der Waals surface area (Å²) in [4.78, 5) is 38.6. The molecule has 5 rings (SSSR count). The fourth-order valence-electron chi connectivity index (χ4n) is 5.07. The summed E-state index contributed by atoms with van der Waals surface area (Å²) < 4.78 is 11.0. The zero-order chi connectivity index (χ0) is 22.1. The molecule has 0 saturated carbocycles. The topological polar surface area (TPSA) is 84.9 Å². The number of ether oxygens (including phenoxy) is 2. The van der Waals surface area contributed by atoms with Crippen LogP contribution in [-0.4, -0.2) is 48.2 Å². The minimum absolute atomic E-state index is 0.104. The van der Waals surface area contributed by atoms with Gasteiger partial charge in [0.25, 0.3) is 0 Å². The zero-order valence-corrected chi connectivity index (χ0v) is 17.7. The third kappa shape index (κ3) is 4.00. The molecule has 166 valence electrons. The van der Waals surface area contributed by atoms with Crippen LogP contribution in [0.1, 0.15) is 30.4 Å². The summed E-state index contributed by atoms with van der Waals surface area (Å²) in [5.41, 5.74) is 3.03. The average molecular weight is 434 g/mol. The molecule has 32 heavy (non-hydrogen) atoms. The molecular formula is C25H26N2O5. The molecule has 3 aliphatic heterocycles. The van der Waals surface area contributed by atoms with Crippen molar-refractivity contribution in [2.75, 3.05) is 18.5 Å². The molecule has 4 atom stereocenters. The molecule has 4 unspecified atom stereocenters. The van der Waals surface area contributed by atoms with E-state index in [-0.39, 0.29) is 49.0 Å². The average Bonchev–Trinajstić information content (AvgIpc) is 3.48. The lowest BCUT2D eigenvalue weighted by molar-refractivity contribution is -0.142. The largest absolute Gasteiger partial charge is 0.449 e. The van der Waals surface area contributed by atoms with Crippen LogP contribution in [0.5, 0.6) is 0 Å². The first-order chi connectivity index (χ1) is 15.6. The Balaban J connectivity index is 1.05. The summed E-state index contributed by atoms with van der Waals surface area (Å²) in [7, 11) is 0. The second-order valence-corrected chi connectivity index (χ2v) is 8.64. The number of imide groups is 1. The van der Waals surface area contributed by atoms with Crippen molar-refractivity contribution in [3.63, 3.8) is 0 Å². The van der Waals surface area contributed by atoms with Gasteiger partial charge >= 0.3 is 6.09 Å². The summed E-state index contributed by atoms with van der Waals surface area (Å²) in [5, 5.41) is 2.71. The molecule has 0 aliphatic carbocycles. The van der Waals surface area contributed by atoms with Crippen LogP contribution in [0.25, 0.3) is 0 Å². The number of amides is 3. The number of nitrogens with zero attached hydrogens (tertiary/aromatic N) is 1. The molecule has 1 N–H and O–H groups in total. The van der Waals surface area contributed by atoms with Crippen molar-refractivity contribution in [2.24, 2.45) is 11.8 Å². The normalized spacial score (nSPS) is 25.8. The number of likely N-dealkylation sites (tertiary alicyclic amines) is 1. The van der Waals surface area contributed by atoms with E-state index in [9.17, 15) is 14.4 Å².